The Hall–Kier alpha value is -2.71. The molecule has 238 valence electrons. The molecule has 0 saturated carbocycles. The van der Waals surface area contributed by atoms with E-state index >= 15 is 0 Å². The maximum absolute atomic E-state index is 13.0. The lowest BCUT2D eigenvalue weighted by molar-refractivity contribution is -0.132. The Kier molecular flexibility index (Phi) is 18.7. The zero-order valence-electron chi connectivity index (χ0n) is 27.8. The summed E-state index contributed by atoms with van der Waals surface area (Å²) in [7, 11) is 1.70. The Morgan fingerprint density at radius 1 is 0.929 bits per heavy atom. The van der Waals surface area contributed by atoms with Gasteiger partial charge in [-0.25, -0.2) is 0 Å². The van der Waals surface area contributed by atoms with Gasteiger partial charge in [0.2, 0.25) is 18.2 Å². The fraction of sp³-hybridized carbons (Fsp3) is 0.676. The van der Waals surface area contributed by atoms with Gasteiger partial charge in [0.15, 0.2) is 0 Å². The molecule has 0 bridgehead atoms. The molecule has 1 atom stereocenters. The molecule has 1 N–H and O–H groups in total. The van der Waals surface area contributed by atoms with E-state index < -0.39 is 0 Å². The SMILES string of the molecule is C/C(=C\[C@H](C(C)C)N(C)C(=O)CNC=O)C(=O)N1CCN(Cc2ccccc2)CC1.CC(C)N1CCCCC1.CCC. The minimum atomic E-state index is -0.214. The summed E-state index contributed by atoms with van der Waals surface area (Å²) in [6.07, 6.45) is 7.92. The molecular weight excluding hydrogens is 526 g/mol. The van der Waals surface area contributed by atoms with E-state index in [0.29, 0.717) is 25.1 Å². The van der Waals surface area contributed by atoms with Crippen molar-refractivity contribution in [1.82, 2.24) is 24.9 Å². The van der Waals surface area contributed by atoms with Crippen LogP contribution in [0.2, 0.25) is 0 Å². The molecule has 0 aliphatic carbocycles. The number of hydrogen-bond acceptors (Lipinski definition) is 5. The molecule has 0 unspecified atom stereocenters. The van der Waals surface area contributed by atoms with E-state index in [1.165, 1.54) is 44.3 Å². The Labute approximate surface area is 256 Å². The Balaban J connectivity index is 0.000000611. The maximum Gasteiger partial charge on any atom is 0.249 e. The maximum atomic E-state index is 13.0. The topological polar surface area (TPSA) is 76.2 Å². The van der Waals surface area contributed by atoms with Crippen molar-refractivity contribution >= 4 is 18.2 Å². The van der Waals surface area contributed by atoms with Crippen LogP contribution in [0.25, 0.3) is 0 Å². The molecule has 2 heterocycles. The number of likely N-dealkylation sites (N-methyl/N-ethyl adjacent to an activating group) is 1. The normalized spacial score (nSPS) is 17.0. The molecule has 0 radical (unpaired) electrons. The number of carbonyl (C=O) groups is 3. The van der Waals surface area contributed by atoms with Crippen molar-refractivity contribution in [3.05, 3.63) is 47.5 Å². The third-order valence-corrected chi connectivity index (χ3v) is 7.65. The number of rotatable bonds is 10. The second kappa shape index (κ2) is 21.1. The van der Waals surface area contributed by atoms with Crippen molar-refractivity contribution in [3.8, 4) is 0 Å². The molecule has 3 amide bonds. The van der Waals surface area contributed by atoms with Crippen molar-refractivity contribution < 1.29 is 14.4 Å². The van der Waals surface area contributed by atoms with Crippen molar-refractivity contribution in [2.24, 2.45) is 5.92 Å². The van der Waals surface area contributed by atoms with Crippen LogP contribution in [0.5, 0.6) is 0 Å². The van der Waals surface area contributed by atoms with Crippen LogP contribution in [-0.2, 0) is 20.9 Å². The number of piperazine rings is 1. The third kappa shape index (κ3) is 14.0. The summed E-state index contributed by atoms with van der Waals surface area (Å²) >= 11 is 0. The third-order valence-electron chi connectivity index (χ3n) is 7.65. The van der Waals surface area contributed by atoms with Gasteiger partial charge in [-0.3, -0.25) is 19.3 Å². The highest BCUT2D eigenvalue weighted by molar-refractivity contribution is 5.93. The van der Waals surface area contributed by atoms with Crippen LogP contribution in [0.4, 0.5) is 0 Å². The van der Waals surface area contributed by atoms with Crippen LogP contribution in [0, 0.1) is 5.92 Å². The molecule has 1 aromatic carbocycles. The Morgan fingerprint density at radius 3 is 1.98 bits per heavy atom. The molecule has 2 saturated heterocycles. The van der Waals surface area contributed by atoms with Gasteiger partial charge < -0.3 is 20.0 Å². The summed E-state index contributed by atoms with van der Waals surface area (Å²) < 4.78 is 0. The van der Waals surface area contributed by atoms with Gasteiger partial charge in [-0.05, 0) is 58.2 Å². The molecule has 2 aliphatic heterocycles. The molecular formula is C34H59N5O3. The lowest BCUT2D eigenvalue weighted by Crippen LogP contribution is -2.49. The van der Waals surface area contributed by atoms with Gasteiger partial charge >= 0.3 is 0 Å². The summed E-state index contributed by atoms with van der Waals surface area (Å²) in [5.41, 5.74) is 1.93. The van der Waals surface area contributed by atoms with E-state index in [2.05, 4.69) is 54.9 Å². The number of hydrogen-bond donors (Lipinski definition) is 1. The molecule has 0 aromatic heterocycles. The first-order valence-corrected chi connectivity index (χ1v) is 16.0. The van der Waals surface area contributed by atoms with Crippen LogP contribution in [0.15, 0.2) is 42.0 Å². The number of benzene rings is 1. The van der Waals surface area contributed by atoms with E-state index in [4.69, 9.17) is 0 Å². The number of amides is 3. The molecule has 8 nitrogen and oxygen atoms in total. The molecule has 42 heavy (non-hydrogen) atoms. The van der Waals surface area contributed by atoms with Gasteiger partial charge in [0.1, 0.15) is 0 Å². The van der Waals surface area contributed by atoms with E-state index in [9.17, 15) is 14.4 Å². The second-order valence-corrected chi connectivity index (χ2v) is 12.0. The lowest BCUT2D eigenvalue weighted by atomic mass is 9.99. The summed E-state index contributed by atoms with van der Waals surface area (Å²) in [5.74, 6) is -0.0284. The van der Waals surface area contributed by atoms with Gasteiger partial charge in [0, 0.05) is 51.4 Å². The molecule has 2 aliphatic rings. The van der Waals surface area contributed by atoms with Gasteiger partial charge in [0.05, 0.1) is 12.6 Å². The Morgan fingerprint density at radius 2 is 1.50 bits per heavy atom. The van der Waals surface area contributed by atoms with Crippen molar-refractivity contribution in [1.29, 1.82) is 0 Å². The van der Waals surface area contributed by atoms with Crippen molar-refractivity contribution in [3.63, 3.8) is 0 Å². The van der Waals surface area contributed by atoms with E-state index in [-0.39, 0.29) is 30.3 Å². The largest absolute Gasteiger partial charge is 0.350 e. The lowest BCUT2D eigenvalue weighted by Gasteiger charge is -2.35. The average Bonchev–Trinajstić information content (AvgIpc) is 2.99. The van der Waals surface area contributed by atoms with Crippen LogP contribution in [0.1, 0.15) is 79.7 Å². The minimum absolute atomic E-state index is 0.0203. The number of carbonyl (C=O) groups excluding carboxylic acids is 3. The number of likely N-dealkylation sites (tertiary alicyclic amines) is 1. The van der Waals surface area contributed by atoms with Crippen LogP contribution in [-0.4, -0.2) is 103 Å². The molecule has 8 heteroatoms. The molecule has 2 fully saturated rings. The molecule has 1 aromatic rings. The van der Waals surface area contributed by atoms with Gasteiger partial charge in [0.25, 0.3) is 0 Å². The zero-order chi connectivity index (χ0) is 31.5. The second-order valence-electron chi connectivity index (χ2n) is 12.0. The number of nitrogens with zero attached hydrogens (tertiary/aromatic N) is 4. The first kappa shape index (κ1) is 37.3. The zero-order valence-corrected chi connectivity index (χ0v) is 27.8. The highest BCUT2D eigenvalue weighted by atomic mass is 16.2. The van der Waals surface area contributed by atoms with Gasteiger partial charge in [-0.2, -0.15) is 0 Å². The predicted molar refractivity (Wildman–Crippen MR) is 174 cm³/mol. The quantitative estimate of drug-likeness (QED) is 0.315. The van der Waals surface area contributed by atoms with Crippen molar-refractivity contribution in [2.75, 3.05) is 52.9 Å². The van der Waals surface area contributed by atoms with Crippen LogP contribution < -0.4 is 5.32 Å². The van der Waals surface area contributed by atoms with Gasteiger partial charge in [-0.1, -0.05) is 76.9 Å². The highest BCUT2D eigenvalue weighted by Gasteiger charge is 2.25. The molecule has 3 rings (SSSR count). The average molecular weight is 586 g/mol. The monoisotopic (exact) mass is 585 g/mol. The number of piperidine rings is 1. The van der Waals surface area contributed by atoms with E-state index in [1.807, 2.05) is 49.9 Å². The first-order chi connectivity index (χ1) is 20.0. The van der Waals surface area contributed by atoms with E-state index in [1.54, 1.807) is 11.9 Å². The summed E-state index contributed by atoms with van der Waals surface area (Å²) in [5, 5.41) is 2.40. The van der Waals surface area contributed by atoms with Crippen LogP contribution in [0.3, 0.4) is 0 Å². The fourth-order valence-corrected chi connectivity index (χ4v) is 5.13. The number of nitrogens with one attached hydrogen (secondary N) is 1. The predicted octanol–water partition coefficient (Wildman–Crippen LogP) is 4.80. The van der Waals surface area contributed by atoms with Crippen molar-refractivity contribution in [2.45, 2.75) is 92.8 Å². The van der Waals surface area contributed by atoms with Crippen LogP contribution >= 0.6 is 0 Å². The summed E-state index contributed by atoms with van der Waals surface area (Å²) in [6.45, 7) is 21.2. The Bertz CT molecular complexity index is 920. The highest BCUT2D eigenvalue weighted by Crippen LogP contribution is 2.16. The summed E-state index contributed by atoms with van der Waals surface area (Å²) in [6, 6.07) is 10.9. The minimum Gasteiger partial charge on any atom is -0.350 e. The van der Waals surface area contributed by atoms with E-state index in [0.717, 1.165) is 25.7 Å². The standard InChI is InChI=1S/C23H34N4O3.C8H17N.C3H8/c1-18(2)21(25(4)22(29)15-24-17-28)14-19(3)23(30)27-12-10-26(11-13-27)16-20-8-6-5-7-9-20;1-8(2)9-6-4-3-5-7-9;1-3-2/h5-9,14,17-18,21H,10-13,15-16H2,1-4H3,(H,24,28);8H,3-7H2,1-2H3;3H2,1-2H3/b19-14+;;/t21-;;/m1../s1. The van der Waals surface area contributed by atoms with Gasteiger partial charge in [-0.15, -0.1) is 0 Å². The molecule has 0 spiro atoms. The first-order valence-electron chi connectivity index (χ1n) is 16.0. The summed E-state index contributed by atoms with van der Waals surface area (Å²) in [4.78, 5) is 44.1. The smallest absolute Gasteiger partial charge is 0.249 e. The fourth-order valence-electron chi connectivity index (χ4n) is 5.13.